The van der Waals surface area contributed by atoms with Crippen molar-refractivity contribution in [3.8, 4) is 0 Å². The van der Waals surface area contributed by atoms with E-state index in [1.54, 1.807) is 6.07 Å². The minimum Gasteiger partial charge on any atom is -0.324 e. The summed E-state index contributed by atoms with van der Waals surface area (Å²) in [5.41, 5.74) is 0.405. The number of piperazine rings is 1. The Balaban J connectivity index is 1.31. The normalized spacial score (nSPS) is 26.9. The van der Waals surface area contributed by atoms with Gasteiger partial charge >= 0.3 is 6.03 Å². The number of hydrogen-bond donors (Lipinski definition) is 1. The van der Waals surface area contributed by atoms with Crippen LogP contribution in [0.1, 0.15) is 25.7 Å². The van der Waals surface area contributed by atoms with Crippen LogP contribution in [0.5, 0.6) is 0 Å². The molecule has 30 heavy (non-hydrogen) atoms. The van der Waals surface area contributed by atoms with Gasteiger partial charge in [0, 0.05) is 52.1 Å². The Morgan fingerprint density at radius 3 is 2.60 bits per heavy atom. The van der Waals surface area contributed by atoms with Gasteiger partial charge in [-0.15, -0.1) is 0 Å². The molecule has 4 aliphatic rings. The van der Waals surface area contributed by atoms with Crippen LogP contribution in [0.25, 0.3) is 0 Å². The van der Waals surface area contributed by atoms with E-state index in [0.29, 0.717) is 35.6 Å². The van der Waals surface area contributed by atoms with E-state index in [0.717, 1.165) is 39.0 Å². The maximum absolute atomic E-state index is 13.4. The van der Waals surface area contributed by atoms with Crippen LogP contribution >= 0.6 is 11.6 Å². The fourth-order valence-electron chi connectivity index (χ4n) is 5.37. The number of urea groups is 1. The Labute approximate surface area is 182 Å². The van der Waals surface area contributed by atoms with Crippen LogP contribution in [-0.4, -0.2) is 89.6 Å². The summed E-state index contributed by atoms with van der Waals surface area (Å²) >= 11 is 6.20. The van der Waals surface area contributed by atoms with Crippen LogP contribution in [0.3, 0.4) is 0 Å². The quantitative estimate of drug-likeness (QED) is 0.799. The topological polar surface area (TPSA) is 59.1 Å². The number of piperidine rings is 1. The lowest BCUT2D eigenvalue weighted by atomic mass is 9.93. The van der Waals surface area contributed by atoms with E-state index in [1.807, 2.05) is 23.1 Å². The first-order chi connectivity index (χ1) is 14.5. The van der Waals surface area contributed by atoms with Gasteiger partial charge in [0.2, 0.25) is 5.91 Å². The van der Waals surface area contributed by atoms with E-state index in [1.165, 1.54) is 12.8 Å². The molecule has 162 valence electrons. The molecule has 3 saturated heterocycles. The zero-order valence-corrected chi connectivity index (χ0v) is 18.3. The first-order valence-corrected chi connectivity index (χ1v) is 11.4. The Morgan fingerprint density at radius 2 is 1.90 bits per heavy atom. The van der Waals surface area contributed by atoms with Gasteiger partial charge in [-0.1, -0.05) is 23.7 Å². The first kappa shape index (κ1) is 20.1. The van der Waals surface area contributed by atoms with Crippen molar-refractivity contribution in [3.05, 3.63) is 29.3 Å². The number of benzene rings is 1. The molecule has 3 heterocycles. The molecule has 1 atom stereocenters. The average molecular weight is 432 g/mol. The van der Waals surface area contributed by atoms with E-state index < -0.39 is 0 Å². The fraction of sp³-hybridized carbons (Fsp3) is 0.636. The molecule has 1 aromatic carbocycles. The van der Waals surface area contributed by atoms with E-state index >= 15 is 0 Å². The number of amides is 3. The van der Waals surface area contributed by atoms with Crippen molar-refractivity contribution < 1.29 is 9.59 Å². The molecule has 0 radical (unpaired) electrons. The minimum atomic E-state index is -0.229. The Kier molecular flexibility index (Phi) is 5.16. The number of carbonyl (C=O) groups is 2. The highest BCUT2D eigenvalue weighted by atomic mass is 35.5. The van der Waals surface area contributed by atoms with Crippen LogP contribution in [0.2, 0.25) is 5.02 Å². The van der Waals surface area contributed by atoms with Gasteiger partial charge in [-0.2, -0.15) is 0 Å². The second-order valence-electron chi connectivity index (χ2n) is 9.24. The lowest BCUT2D eigenvalue weighted by Crippen LogP contribution is -2.64. The molecular formula is C22H30ClN5O2. The molecule has 1 N–H and O–H groups in total. The number of nitrogens with zero attached hydrogens (tertiary/aromatic N) is 4. The molecule has 0 unspecified atom stereocenters. The summed E-state index contributed by atoms with van der Waals surface area (Å²) in [6, 6.07) is 7.14. The van der Waals surface area contributed by atoms with Gasteiger partial charge in [0.25, 0.3) is 0 Å². The van der Waals surface area contributed by atoms with Crippen LogP contribution < -0.4 is 5.32 Å². The number of para-hydroxylation sites is 1. The van der Waals surface area contributed by atoms with Crippen molar-refractivity contribution in [1.82, 2.24) is 19.6 Å². The van der Waals surface area contributed by atoms with Gasteiger partial charge in [0.05, 0.1) is 10.7 Å². The van der Waals surface area contributed by atoms with Crippen molar-refractivity contribution in [2.75, 3.05) is 51.6 Å². The number of carbonyl (C=O) groups excluding carboxylic acids is 2. The number of halogens is 1. The number of nitrogens with one attached hydrogen (secondary N) is 1. The summed E-state index contributed by atoms with van der Waals surface area (Å²) in [6.45, 7) is 4.87. The molecular weight excluding hydrogens is 402 g/mol. The fourth-order valence-corrected chi connectivity index (χ4v) is 5.55. The van der Waals surface area contributed by atoms with Crippen LogP contribution in [0.4, 0.5) is 10.5 Å². The van der Waals surface area contributed by atoms with Crippen molar-refractivity contribution >= 4 is 29.2 Å². The molecule has 8 heteroatoms. The number of rotatable bonds is 3. The molecule has 1 spiro atoms. The predicted molar refractivity (Wildman–Crippen MR) is 116 cm³/mol. The largest absolute Gasteiger partial charge is 0.324 e. The van der Waals surface area contributed by atoms with Crippen molar-refractivity contribution in [3.63, 3.8) is 0 Å². The van der Waals surface area contributed by atoms with E-state index in [2.05, 4.69) is 27.1 Å². The summed E-state index contributed by atoms with van der Waals surface area (Å²) in [5.74, 6) is 0.953. The van der Waals surface area contributed by atoms with Gasteiger partial charge in [-0.3, -0.25) is 9.69 Å². The van der Waals surface area contributed by atoms with Gasteiger partial charge < -0.3 is 20.0 Å². The van der Waals surface area contributed by atoms with Crippen molar-refractivity contribution in [2.24, 2.45) is 5.92 Å². The summed E-state index contributed by atoms with van der Waals surface area (Å²) in [7, 11) is 2.10. The number of likely N-dealkylation sites (tertiary alicyclic amines) is 1. The molecule has 3 amide bonds. The molecule has 0 aromatic heterocycles. The Bertz CT molecular complexity index is 837. The Hall–Kier alpha value is -1.83. The molecule has 1 aromatic rings. The van der Waals surface area contributed by atoms with Crippen molar-refractivity contribution in [1.29, 1.82) is 0 Å². The molecule has 7 nitrogen and oxygen atoms in total. The van der Waals surface area contributed by atoms with Crippen LogP contribution in [-0.2, 0) is 4.79 Å². The molecule has 4 fully saturated rings. The standard InChI is InChI=1S/C22H30ClN5O2/c1-25-12-13-27-19(15-25)20(29)28(14-16-6-7-16)22(27)8-10-26(11-9-22)21(30)24-18-5-3-2-4-17(18)23/h2-5,16,19H,6-15H2,1H3,(H,24,30)/t19-/m1/s1. The summed E-state index contributed by atoms with van der Waals surface area (Å²) in [5, 5.41) is 3.48. The third kappa shape index (κ3) is 3.47. The average Bonchev–Trinajstić information content (AvgIpc) is 3.54. The molecule has 1 aliphatic carbocycles. The summed E-state index contributed by atoms with van der Waals surface area (Å²) < 4.78 is 0. The van der Waals surface area contributed by atoms with E-state index in [9.17, 15) is 9.59 Å². The number of fused-ring (bicyclic) bond motifs is 2. The second-order valence-corrected chi connectivity index (χ2v) is 9.65. The predicted octanol–water partition coefficient (Wildman–Crippen LogP) is 2.53. The highest BCUT2D eigenvalue weighted by molar-refractivity contribution is 6.33. The van der Waals surface area contributed by atoms with E-state index in [-0.39, 0.29) is 17.7 Å². The lowest BCUT2D eigenvalue weighted by molar-refractivity contribution is -0.134. The van der Waals surface area contributed by atoms with Crippen LogP contribution in [0, 0.1) is 5.92 Å². The van der Waals surface area contributed by atoms with Gasteiger partial charge in [-0.05, 0) is 37.9 Å². The SMILES string of the molecule is CN1CCN2[C@H](C1)C(=O)N(CC1CC1)C21CCN(C(=O)Nc2ccccc2Cl)CC1. The zero-order valence-electron chi connectivity index (χ0n) is 17.5. The minimum absolute atomic E-state index is 0.0361. The molecule has 3 aliphatic heterocycles. The summed E-state index contributed by atoms with van der Waals surface area (Å²) in [4.78, 5) is 35.0. The van der Waals surface area contributed by atoms with Gasteiger partial charge in [-0.25, -0.2) is 4.79 Å². The first-order valence-electron chi connectivity index (χ1n) is 11.1. The van der Waals surface area contributed by atoms with Gasteiger partial charge in [0.15, 0.2) is 0 Å². The number of hydrogen-bond acceptors (Lipinski definition) is 4. The van der Waals surface area contributed by atoms with Gasteiger partial charge in [0.1, 0.15) is 11.7 Å². The number of anilines is 1. The van der Waals surface area contributed by atoms with E-state index in [4.69, 9.17) is 11.6 Å². The number of likely N-dealkylation sites (N-methyl/N-ethyl adjacent to an activating group) is 1. The van der Waals surface area contributed by atoms with Crippen molar-refractivity contribution in [2.45, 2.75) is 37.4 Å². The smallest absolute Gasteiger partial charge is 0.321 e. The summed E-state index contributed by atoms with van der Waals surface area (Å²) in [6.07, 6.45) is 4.08. The maximum atomic E-state index is 13.4. The Morgan fingerprint density at radius 1 is 1.17 bits per heavy atom. The van der Waals surface area contributed by atoms with Crippen LogP contribution in [0.15, 0.2) is 24.3 Å². The third-order valence-electron chi connectivity index (χ3n) is 7.28. The highest BCUT2D eigenvalue weighted by Crippen LogP contribution is 2.44. The molecule has 0 bridgehead atoms. The lowest BCUT2D eigenvalue weighted by Gasteiger charge is -2.50. The monoisotopic (exact) mass is 431 g/mol. The third-order valence-corrected chi connectivity index (χ3v) is 7.61. The molecule has 1 saturated carbocycles. The second kappa shape index (κ2) is 7.70. The highest BCUT2D eigenvalue weighted by Gasteiger charge is 2.59. The zero-order chi connectivity index (χ0) is 20.9. The maximum Gasteiger partial charge on any atom is 0.321 e. The molecule has 5 rings (SSSR count).